The van der Waals surface area contributed by atoms with Gasteiger partial charge in [0.15, 0.2) is 0 Å². The summed E-state index contributed by atoms with van der Waals surface area (Å²) in [7, 11) is 0. The van der Waals surface area contributed by atoms with Crippen molar-refractivity contribution < 1.29 is 9.84 Å². The van der Waals surface area contributed by atoms with Crippen molar-refractivity contribution in [3.05, 3.63) is 23.9 Å². The number of aromatic nitrogens is 1. The average molecular weight is 237 g/mol. The molecule has 0 saturated carbocycles. The fourth-order valence-corrected chi connectivity index (χ4v) is 2.09. The molecule has 94 valence electrons. The summed E-state index contributed by atoms with van der Waals surface area (Å²) in [6, 6.07) is 3.77. The van der Waals surface area contributed by atoms with E-state index in [0.29, 0.717) is 13.2 Å². The number of hydrogen-bond donors (Lipinski definition) is 2. The van der Waals surface area contributed by atoms with Gasteiger partial charge >= 0.3 is 0 Å². The standard InChI is InChI=1S/C12H19N3O2/c1-9(13)11-3-2-4-14-12(11)15-5-6-17-8-10(15)7-16/h2-4,9-10,16H,5-8,13H2,1H3/t9-,10?/m0/s1. The van der Waals surface area contributed by atoms with E-state index in [0.717, 1.165) is 17.9 Å². The lowest BCUT2D eigenvalue weighted by Gasteiger charge is -2.36. The van der Waals surface area contributed by atoms with Crippen LogP contribution in [-0.2, 0) is 4.74 Å². The lowest BCUT2D eigenvalue weighted by molar-refractivity contribution is 0.0721. The highest BCUT2D eigenvalue weighted by Gasteiger charge is 2.25. The van der Waals surface area contributed by atoms with Gasteiger partial charge in [0, 0.05) is 24.3 Å². The van der Waals surface area contributed by atoms with Crippen LogP contribution in [-0.4, -0.2) is 42.5 Å². The van der Waals surface area contributed by atoms with E-state index in [1.165, 1.54) is 0 Å². The van der Waals surface area contributed by atoms with E-state index >= 15 is 0 Å². The summed E-state index contributed by atoms with van der Waals surface area (Å²) in [6.07, 6.45) is 1.76. The van der Waals surface area contributed by atoms with Crippen molar-refractivity contribution in [2.45, 2.75) is 19.0 Å². The third-order valence-corrected chi connectivity index (χ3v) is 3.02. The van der Waals surface area contributed by atoms with Crippen molar-refractivity contribution in [1.29, 1.82) is 0 Å². The van der Waals surface area contributed by atoms with Crippen LogP contribution in [0.15, 0.2) is 18.3 Å². The van der Waals surface area contributed by atoms with Gasteiger partial charge in [-0.1, -0.05) is 6.07 Å². The predicted molar refractivity (Wildman–Crippen MR) is 65.9 cm³/mol. The lowest BCUT2D eigenvalue weighted by atomic mass is 10.1. The summed E-state index contributed by atoms with van der Waals surface area (Å²) in [4.78, 5) is 6.49. The van der Waals surface area contributed by atoms with Crippen LogP contribution >= 0.6 is 0 Å². The van der Waals surface area contributed by atoms with E-state index in [4.69, 9.17) is 10.5 Å². The normalized spacial score (nSPS) is 22.5. The number of morpholine rings is 1. The van der Waals surface area contributed by atoms with Gasteiger partial charge in [-0.15, -0.1) is 0 Å². The van der Waals surface area contributed by atoms with Gasteiger partial charge in [0.25, 0.3) is 0 Å². The van der Waals surface area contributed by atoms with Gasteiger partial charge in [0.2, 0.25) is 0 Å². The molecule has 2 rings (SSSR count). The van der Waals surface area contributed by atoms with Gasteiger partial charge in [-0.25, -0.2) is 4.98 Å². The molecule has 5 heteroatoms. The summed E-state index contributed by atoms with van der Waals surface area (Å²) < 4.78 is 5.36. The Bertz CT molecular complexity index is 371. The van der Waals surface area contributed by atoms with E-state index in [9.17, 15) is 5.11 Å². The number of aliphatic hydroxyl groups is 1. The molecule has 3 N–H and O–H groups in total. The third kappa shape index (κ3) is 2.57. The number of rotatable bonds is 3. The summed E-state index contributed by atoms with van der Waals surface area (Å²) in [5, 5.41) is 9.37. The molecule has 5 nitrogen and oxygen atoms in total. The Hall–Kier alpha value is -1.17. The van der Waals surface area contributed by atoms with E-state index < -0.39 is 0 Å². The monoisotopic (exact) mass is 237 g/mol. The number of hydrogen-bond acceptors (Lipinski definition) is 5. The molecule has 0 aromatic carbocycles. The summed E-state index contributed by atoms with van der Waals surface area (Å²) in [5.41, 5.74) is 6.95. The number of anilines is 1. The maximum atomic E-state index is 9.37. The Balaban J connectivity index is 2.31. The van der Waals surface area contributed by atoms with Crippen molar-refractivity contribution in [1.82, 2.24) is 4.98 Å². The lowest BCUT2D eigenvalue weighted by Crippen LogP contribution is -2.48. The van der Waals surface area contributed by atoms with E-state index in [-0.39, 0.29) is 18.7 Å². The fraction of sp³-hybridized carbons (Fsp3) is 0.583. The zero-order valence-electron chi connectivity index (χ0n) is 10.0. The molecule has 2 heterocycles. The zero-order chi connectivity index (χ0) is 12.3. The Labute approximate surface area is 101 Å². The first-order valence-corrected chi connectivity index (χ1v) is 5.89. The quantitative estimate of drug-likeness (QED) is 0.791. The van der Waals surface area contributed by atoms with Crippen molar-refractivity contribution in [2.24, 2.45) is 5.73 Å². The second kappa shape index (κ2) is 5.44. The minimum absolute atomic E-state index is 0.0313. The van der Waals surface area contributed by atoms with Crippen LogP contribution in [0.4, 0.5) is 5.82 Å². The Kier molecular flexibility index (Phi) is 3.93. The maximum Gasteiger partial charge on any atom is 0.133 e. The molecule has 0 aliphatic carbocycles. The summed E-state index contributed by atoms with van der Waals surface area (Å²) in [6.45, 7) is 3.93. The minimum atomic E-state index is -0.0686. The molecule has 0 radical (unpaired) electrons. The van der Waals surface area contributed by atoms with Crippen LogP contribution < -0.4 is 10.6 Å². The molecule has 1 aliphatic rings. The molecule has 1 unspecified atom stereocenters. The highest BCUT2D eigenvalue weighted by molar-refractivity contribution is 5.49. The van der Waals surface area contributed by atoms with Crippen LogP contribution in [0.2, 0.25) is 0 Å². The maximum absolute atomic E-state index is 9.37. The number of nitrogens with two attached hydrogens (primary N) is 1. The van der Waals surface area contributed by atoms with Crippen LogP contribution in [0.3, 0.4) is 0 Å². The second-order valence-electron chi connectivity index (χ2n) is 4.31. The first kappa shape index (κ1) is 12.3. The van der Waals surface area contributed by atoms with Crippen molar-refractivity contribution in [3.63, 3.8) is 0 Å². The Morgan fingerprint density at radius 1 is 1.71 bits per heavy atom. The van der Waals surface area contributed by atoms with Crippen molar-refractivity contribution in [2.75, 3.05) is 31.3 Å². The number of aliphatic hydroxyl groups excluding tert-OH is 1. The molecule has 0 amide bonds. The molecule has 2 atom stereocenters. The first-order chi connectivity index (χ1) is 8.24. The smallest absolute Gasteiger partial charge is 0.133 e. The average Bonchev–Trinajstić information content (AvgIpc) is 2.38. The number of nitrogens with zero attached hydrogens (tertiary/aromatic N) is 2. The SMILES string of the molecule is C[C@H](N)c1cccnc1N1CCOCC1CO. The molecule has 1 saturated heterocycles. The van der Waals surface area contributed by atoms with Gasteiger partial charge in [-0.2, -0.15) is 0 Å². The second-order valence-corrected chi connectivity index (χ2v) is 4.31. The Morgan fingerprint density at radius 2 is 2.53 bits per heavy atom. The zero-order valence-corrected chi connectivity index (χ0v) is 10.0. The minimum Gasteiger partial charge on any atom is -0.394 e. The molecule has 0 bridgehead atoms. The van der Waals surface area contributed by atoms with Crippen LogP contribution in [0.25, 0.3) is 0 Å². The van der Waals surface area contributed by atoms with Crippen molar-refractivity contribution >= 4 is 5.82 Å². The van der Waals surface area contributed by atoms with Crippen LogP contribution in [0.1, 0.15) is 18.5 Å². The first-order valence-electron chi connectivity index (χ1n) is 5.89. The van der Waals surface area contributed by atoms with E-state index in [1.54, 1.807) is 6.20 Å². The molecular weight excluding hydrogens is 218 g/mol. The summed E-state index contributed by atoms with van der Waals surface area (Å²) >= 11 is 0. The summed E-state index contributed by atoms with van der Waals surface area (Å²) in [5.74, 6) is 0.866. The largest absolute Gasteiger partial charge is 0.394 e. The highest BCUT2D eigenvalue weighted by atomic mass is 16.5. The van der Waals surface area contributed by atoms with Crippen LogP contribution in [0, 0.1) is 0 Å². The molecule has 1 aliphatic heterocycles. The molecule has 1 aromatic heterocycles. The molecule has 1 aromatic rings. The molecular formula is C12H19N3O2. The number of ether oxygens (including phenoxy) is 1. The Morgan fingerprint density at radius 3 is 3.24 bits per heavy atom. The van der Waals surface area contributed by atoms with E-state index in [2.05, 4.69) is 9.88 Å². The number of pyridine rings is 1. The fourth-order valence-electron chi connectivity index (χ4n) is 2.09. The molecule has 17 heavy (non-hydrogen) atoms. The predicted octanol–water partition coefficient (Wildman–Crippen LogP) is 0.299. The van der Waals surface area contributed by atoms with Gasteiger partial charge < -0.3 is 20.5 Å². The van der Waals surface area contributed by atoms with E-state index in [1.807, 2.05) is 19.1 Å². The topological polar surface area (TPSA) is 71.6 Å². The molecule has 0 spiro atoms. The van der Waals surface area contributed by atoms with Gasteiger partial charge in [0.1, 0.15) is 5.82 Å². The van der Waals surface area contributed by atoms with Gasteiger partial charge in [-0.05, 0) is 13.0 Å². The highest BCUT2D eigenvalue weighted by Crippen LogP contribution is 2.25. The molecule has 1 fully saturated rings. The third-order valence-electron chi connectivity index (χ3n) is 3.02. The van der Waals surface area contributed by atoms with Gasteiger partial charge in [-0.3, -0.25) is 0 Å². The van der Waals surface area contributed by atoms with Crippen LogP contribution in [0.5, 0.6) is 0 Å². The van der Waals surface area contributed by atoms with Crippen molar-refractivity contribution in [3.8, 4) is 0 Å². The van der Waals surface area contributed by atoms with Gasteiger partial charge in [0.05, 0.1) is 25.9 Å².